The Morgan fingerprint density at radius 2 is 1.90 bits per heavy atom. The lowest BCUT2D eigenvalue weighted by Gasteiger charge is -2.36. The highest BCUT2D eigenvalue weighted by atomic mass is 35.5. The summed E-state index contributed by atoms with van der Waals surface area (Å²) in [5, 5.41) is 4.78. The second-order valence-corrected chi connectivity index (χ2v) is 9.31. The van der Waals surface area contributed by atoms with Crippen LogP contribution in [0.25, 0.3) is 11.5 Å². The van der Waals surface area contributed by atoms with Gasteiger partial charge in [0.1, 0.15) is 16.8 Å². The zero-order chi connectivity index (χ0) is 20.7. The highest BCUT2D eigenvalue weighted by molar-refractivity contribution is 6.29. The Kier molecular flexibility index (Phi) is 5.27. The van der Waals surface area contributed by atoms with Gasteiger partial charge in [0.2, 0.25) is 0 Å². The van der Waals surface area contributed by atoms with Crippen molar-refractivity contribution in [1.82, 2.24) is 20.0 Å². The molecule has 0 radical (unpaired) electrons. The molecule has 0 amide bonds. The minimum Gasteiger partial charge on any atom is -0.359 e. The van der Waals surface area contributed by atoms with Crippen LogP contribution in [0.5, 0.6) is 0 Å². The van der Waals surface area contributed by atoms with Crippen LogP contribution >= 0.6 is 11.6 Å². The number of ketones is 1. The highest BCUT2D eigenvalue weighted by Gasteiger charge is 2.48. The third-order valence-electron chi connectivity index (χ3n) is 6.98. The Bertz CT molecular complexity index is 961. The molecule has 1 atom stereocenters. The topological polar surface area (TPSA) is 75.4 Å². The molecule has 2 aromatic rings. The van der Waals surface area contributed by atoms with E-state index >= 15 is 0 Å². The van der Waals surface area contributed by atoms with Gasteiger partial charge in [-0.15, -0.1) is 0 Å². The summed E-state index contributed by atoms with van der Waals surface area (Å²) in [5.74, 6) is 2.39. The fraction of sp³-hybridized carbons (Fsp3) is 0.636. The zero-order valence-electron chi connectivity index (χ0n) is 17.5. The summed E-state index contributed by atoms with van der Waals surface area (Å²) in [4.78, 5) is 26.8. The first-order chi connectivity index (χ1) is 14.6. The highest BCUT2D eigenvalue weighted by Crippen LogP contribution is 2.47. The average molecular weight is 430 g/mol. The lowest BCUT2D eigenvalue weighted by molar-refractivity contribution is -0.128. The van der Waals surface area contributed by atoms with E-state index in [0.29, 0.717) is 28.9 Å². The van der Waals surface area contributed by atoms with Crippen molar-refractivity contribution in [3.05, 3.63) is 22.5 Å². The maximum Gasteiger partial charge on any atom is 0.185 e. The van der Waals surface area contributed by atoms with E-state index in [-0.39, 0.29) is 0 Å². The van der Waals surface area contributed by atoms with Crippen molar-refractivity contribution >= 4 is 23.2 Å². The van der Waals surface area contributed by atoms with Crippen molar-refractivity contribution < 1.29 is 9.32 Å². The number of carbonyl (C=O) groups is 1. The SMILES string of the molecule is CN1CCCN(c2cc(Cl)nc(-c3noc4c3CCC[C@@]43CCCCC3=O)n2)CC1. The van der Waals surface area contributed by atoms with Crippen LogP contribution in [-0.4, -0.2) is 59.0 Å². The van der Waals surface area contributed by atoms with Gasteiger partial charge in [-0.3, -0.25) is 4.79 Å². The minimum atomic E-state index is -0.492. The monoisotopic (exact) mass is 429 g/mol. The normalized spacial score (nSPS) is 25.4. The van der Waals surface area contributed by atoms with Crippen LogP contribution < -0.4 is 4.90 Å². The standard InChI is InChI=1S/C22H28ClN5O2/c1-27-10-5-11-28(13-12-27)18-14-17(23)24-21(25-18)19-15-6-4-9-22(20(15)30-26-19)8-3-2-7-16(22)29/h14H,2-13H2,1H3/t22-/m1/s1. The minimum absolute atomic E-state index is 0.304. The quantitative estimate of drug-likeness (QED) is 0.674. The second-order valence-electron chi connectivity index (χ2n) is 8.92. The number of rotatable bonds is 2. The number of aromatic nitrogens is 3. The van der Waals surface area contributed by atoms with Crippen molar-refractivity contribution in [2.45, 2.75) is 56.8 Å². The number of nitrogens with zero attached hydrogens (tertiary/aromatic N) is 5. The molecule has 7 nitrogen and oxygen atoms in total. The first kappa shape index (κ1) is 19.9. The average Bonchev–Trinajstić information content (AvgIpc) is 3.06. The number of anilines is 1. The number of fused-ring (bicyclic) bond motifs is 2. The van der Waals surface area contributed by atoms with E-state index in [0.717, 1.165) is 88.3 Å². The Hall–Kier alpha value is -1.99. The fourth-order valence-corrected chi connectivity index (χ4v) is 5.50. The molecule has 160 valence electrons. The number of hydrogen-bond donors (Lipinski definition) is 0. The predicted octanol–water partition coefficient (Wildman–Crippen LogP) is 3.64. The molecule has 1 saturated heterocycles. The van der Waals surface area contributed by atoms with E-state index in [9.17, 15) is 4.79 Å². The molecule has 0 aromatic carbocycles. The van der Waals surface area contributed by atoms with Gasteiger partial charge in [0.25, 0.3) is 0 Å². The predicted molar refractivity (Wildman–Crippen MR) is 115 cm³/mol. The first-order valence-corrected chi connectivity index (χ1v) is 11.5. The maximum atomic E-state index is 12.9. The van der Waals surface area contributed by atoms with Crippen LogP contribution in [0.3, 0.4) is 0 Å². The van der Waals surface area contributed by atoms with Crippen LogP contribution in [-0.2, 0) is 16.6 Å². The maximum absolute atomic E-state index is 12.9. The van der Waals surface area contributed by atoms with E-state index in [2.05, 4.69) is 27.0 Å². The van der Waals surface area contributed by atoms with Gasteiger partial charge in [-0.2, -0.15) is 0 Å². The van der Waals surface area contributed by atoms with Crippen LogP contribution in [0, 0.1) is 0 Å². The molecule has 2 fully saturated rings. The second kappa shape index (κ2) is 7.93. The molecule has 30 heavy (non-hydrogen) atoms. The largest absolute Gasteiger partial charge is 0.359 e. The molecule has 1 spiro atoms. The summed E-state index contributed by atoms with van der Waals surface area (Å²) < 4.78 is 5.85. The molecule has 5 rings (SSSR count). The summed E-state index contributed by atoms with van der Waals surface area (Å²) in [6.45, 7) is 3.90. The molecule has 1 aliphatic heterocycles. The van der Waals surface area contributed by atoms with Gasteiger partial charge >= 0.3 is 0 Å². The molecule has 3 aliphatic rings. The number of Topliss-reactive ketones (excluding diaryl/α,β-unsaturated/α-hetero) is 1. The van der Waals surface area contributed by atoms with Crippen LogP contribution in [0.2, 0.25) is 5.15 Å². The molecule has 3 heterocycles. The van der Waals surface area contributed by atoms with Gasteiger partial charge in [-0.05, 0) is 52.1 Å². The van der Waals surface area contributed by atoms with Gasteiger partial charge < -0.3 is 14.3 Å². The van der Waals surface area contributed by atoms with E-state index in [1.165, 1.54) is 0 Å². The summed E-state index contributed by atoms with van der Waals surface area (Å²) in [6.07, 6.45) is 7.26. The Balaban J connectivity index is 1.52. The van der Waals surface area contributed by atoms with Crippen molar-refractivity contribution in [2.24, 2.45) is 0 Å². The zero-order valence-corrected chi connectivity index (χ0v) is 18.2. The number of likely N-dealkylation sites (N-methyl/N-ethyl adjacent to an activating group) is 1. The van der Waals surface area contributed by atoms with E-state index in [1.807, 2.05) is 6.07 Å². The van der Waals surface area contributed by atoms with E-state index in [4.69, 9.17) is 21.1 Å². The summed E-state index contributed by atoms with van der Waals surface area (Å²) in [7, 11) is 2.14. The number of hydrogen-bond acceptors (Lipinski definition) is 7. The van der Waals surface area contributed by atoms with Crippen molar-refractivity contribution in [3.63, 3.8) is 0 Å². The molecule has 0 N–H and O–H groups in total. The molecule has 1 saturated carbocycles. The molecule has 8 heteroatoms. The third kappa shape index (κ3) is 3.42. The smallest absolute Gasteiger partial charge is 0.185 e. The van der Waals surface area contributed by atoms with Crippen molar-refractivity contribution in [2.75, 3.05) is 38.1 Å². The fourth-order valence-electron chi connectivity index (χ4n) is 5.32. The lowest BCUT2D eigenvalue weighted by Crippen LogP contribution is -2.41. The van der Waals surface area contributed by atoms with Crippen molar-refractivity contribution in [1.29, 1.82) is 0 Å². The van der Waals surface area contributed by atoms with Gasteiger partial charge in [0.05, 0.1) is 5.41 Å². The lowest BCUT2D eigenvalue weighted by atomic mass is 9.64. The molecule has 0 bridgehead atoms. The molecule has 0 unspecified atom stereocenters. The Morgan fingerprint density at radius 1 is 1.03 bits per heavy atom. The number of carbonyl (C=O) groups excluding carboxylic acids is 1. The summed E-state index contributed by atoms with van der Waals surface area (Å²) >= 11 is 6.40. The molecular formula is C22H28ClN5O2. The van der Waals surface area contributed by atoms with Gasteiger partial charge in [-0.25, -0.2) is 9.97 Å². The van der Waals surface area contributed by atoms with E-state index < -0.39 is 5.41 Å². The molecule has 2 aliphatic carbocycles. The van der Waals surface area contributed by atoms with Crippen molar-refractivity contribution in [3.8, 4) is 11.5 Å². The van der Waals surface area contributed by atoms with Gasteiger partial charge in [0.15, 0.2) is 17.3 Å². The van der Waals surface area contributed by atoms with Gasteiger partial charge in [-0.1, -0.05) is 23.2 Å². The summed E-state index contributed by atoms with van der Waals surface area (Å²) in [5.41, 5.74) is 1.16. The third-order valence-corrected chi connectivity index (χ3v) is 7.17. The summed E-state index contributed by atoms with van der Waals surface area (Å²) in [6, 6.07) is 1.83. The van der Waals surface area contributed by atoms with Crippen LogP contribution in [0.15, 0.2) is 10.6 Å². The van der Waals surface area contributed by atoms with Gasteiger partial charge in [0, 0.05) is 37.7 Å². The first-order valence-electron chi connectivity index (χ1n) is 11.1. The van der Waals surface area contributed by atoms with Crippen LogP contribution in [0.4, 0.5) is 5.82 Å². The van der Waals surface area contributed by atoms with Crippen LogP contribution in [0.1, 0.15) is 56.3 Å². The van der Waals surface area contributed by atoms with E-state index in [1.54, 1.807) is 0 Å². The molecule has 2 aromatic heterocycles. The Morgan fingerprint density at radius 3 is 2.77 bits per heavy atom. The Labute approximate surface area is 181 Å². The number of halogens is 1. The molecular weight excluding hydrogens is 402 g/mol.